The van der Waals surface area contributed by atoms with Crippen LogP contribution in [-0.2, 0) is 9.84 Å². The van der Waals surface area contributed by atoms with Crippen LogP contribution in [0.4, 0.5) is 5.69 Å². The highest BCUT2D eigenvalue weighted by atomic mass is 79.9. The number of primary amides is 1. The summed E-state index contributed by atoms with van der Waals surface area (Å²) in [6.07, 6.45) is 0. The van der Waals surface area contributed by atoms with E-state index in [1.165, 1.54) is 12.1 Å². The smallest absolute Gasteiger partial charge is 0.250 e. The second-order valence-corrected chi connectivity index (χ2v) is 7.57. The molecule has 0 aliphatic carbocycles. The predicted octanol–water partition coefficient (Wildman–Crippen LogP) is 2.70. The third kappa shape index (κ3) is 3.66. The summed E-state index contributed by atoms with van der Waals surface area (Å²) in [5, 5.41) is 2.85. The lowest BCUT2D eigenvalue weighted by molar-refractivity contribution is 0.0997. The molecule has 0 radical (unpaired) electrons. The molecule has 22 heavy (non-hydrogen) atoms. The molecule has 5 nitrogen and oxygen atoms in total. The first-order valence-electron chi connectivity index (χ1n) is 6.43. The molecule has 0 saturated carbocycles. The molecule has 2 aromatic carbocycles. The standard InChI is InChI=1S/C15H15BrN2O3S/c1-10-6-7-11(8-13(10)16)18-9-22(20,21)14-5-3-2-4-12(14)15(17)19/h2-8,18H,9H2,1H3,(H2,17,19). The predicted molar refractivity (Wildman–Crippen MR) is 89.5 cm³/mol. The first kappa shape index (κ1) is 16.5. The number of aryl methyl sites for hydroxylation is 1. The highest BCUT2D eigenvalue weighted by Crippen LogP contribution is 2.22. The van der Waals surface area contributed by atoms with Gasteiger partial charge in [-0.05, 0) is 36.8 Å². The van der Waals surface area contributed by atoms with E-state index in [0.717, 1.165) is 10.0 Å². The highest BCUT2D eigenvalue weighted by Gasteiger charge is 2.20. The number of sulfone groups is 1. The zero-order valence-corrected chi connectivity index (χ0v) is 14.2. The van der Waals surface area contributed by atoms with E-state index < -0.39 is 15.7 Å². The molecule has 0 aliphatic heterocycles. The van der Waals surface area contributed by atoms with Crippen LogP contribution in [0.3, 0.4) is 0 Å². The van der Waals surface area contributed by atoms with Gasteiger partial charge in [-0.2, -0.15) is 0 Å². The zero-order valence-electron chi connectivity index (χ0n) is 11.8. The minimum atomic E-state index is -3.68. The number of rotatable bonds is 5. The van der Waals surface area contributed by atoms with Crippen molar-refractivity contribution in [1.82, 2.24) is 0 Å². The van der Waals surface area contributed by atoms with Crippen LogP contribution in [0.5, 0.6) is 0 Å². The summed E-state index contributed by atoms with van der Waals surface area (Å²) in [5.74, 6) is -1.09. The van der Waals surface area contributed by atoms with Crippen molar-refractivity contribution in [3.8, 4) is 0 Å². The van der Waals surface area contributed by atoms with Crippen molar-refractivity contribution in [2.24, 2.45) is 5.73 Å². The zero-order chi connectivity index (χ0) is 16.3. The molecule has 0 atom stereocenters. The van der Waals surface area contributed by atoms with Crippen molar-refractivity contribution < 1.29 is 13.2 Å². The largest absolute Gasteiger partial charge is 0.371 e. The summed E-state index contributed by atoms with van der Waals surface area (Å²) in [6, 6.07) is 11.4. The highest BCUT2D eigenvalue weighted by molar-refractivity contribution is 9.10. The van der Waals surface area contributed by atoms with Gasteiger partial charge in [-0.25, -0.2) is 8.42 Å². The number of benzene rings is 2. The van der Waals surface area contributed by atoms with Gasteiger partial charge < -0.3 is 11.1 Å². The quantitative estimate of drug-likeness (QED) is 0.831. The maximum atomic E-state index is 12.4. The van der Waals surface area contributed by atoms with Crippen molar-refractivity contribution in [3.05, 3.63) is 58.1 Å². The van der Waals surface area contributed by atoms with Gasteiger partial charge in [-0.1, -0.05) is 34.1 Å². The molecule has 7 heteroatoms. The van der Waals surface area contributed by atoms with Crippen LogP contribution in [-0.4, -0.2) is 20.2 Å². The van der Waals surface area contributed by atoms with E-state index in [4.69, 9.17) is 5.73 Å². The lowest BCUT2D eigenvalue weighted by atomic mass is 10.2. The molecular formula is C15H15BrN2O3S. The lowest BCUT2D eigenvalue weighted by Gasteiger charge is -2.11. The fraction of sp³-hybridized carbons (Fsp3) is 0.133. The Hall–Kier alpha value is -1.86. The van der Waals surface area contributed by atoms with Crippen LogP contribution in [0.25, 0.3) is 0 Å². The summed E-state index contributed by atoms with van der Waals surface area (Å²) in [5.41, 5.74) is 6.93. The summed E-state index contributed by atoms with van der Waals surface area (Å²) < 4.78 is 25.7. The molecule has 1 amide bonds. The summed E-state index contributed by atoms with van der Waals surface area (Å²) >= 11 is 3.39. The SMILES string of the molecule is Cc1ccc(NCS(=O)(=O)c2ccccc2C(N)=O)cc1Br. The van der Waals surface area contributed by atoms with Gasteiger partial charge in [0.1, 0.15) is 5.88 Å². The number of anilines is 1. The summed E-state index contributed by atoms with van der Waals surface area (Å²) in [6.45, 7) is 1.94. The Morgan fingerprint density at radius 2 is 1.91 bits per heavy atom. The Kier molecular flexibility index (Phi) is 4.87. The molecule has 0 spiro atoms. The van der Waals surface area contributed by atoms with Crippen molar-refractivity contribution in [1.29, 1.82) is 0 Å². The number of hydrogen-bond acceptors (Lipinski definition) is 4. The molecule has 0 aliphatic rings. The number of halogens is 1. The van der Waals surface area contributed by atoms with Crippen LogP contribution in [0.2, 0.25) is 0 Å². The molecule has 2 aromatic rings. The van der Waals surface area contributed by atoms with E-state index in [1.807, 2.05) is 13.0 Å². The summed E-state index contributed by atoms with van der Waals surface area (Å²) in [7, 11) is -3.68. The van der Waals surface area contributed by atoms with Crippen LogP contribution in [0.1, 0.15) is 15.9 Å². The van der Waals surface area contributed by atoms with Crippen molar-refractivity contribution in [3.63, 3.8) is 0 Å². The van der Waals surface area contributed by atoms with Crippen molar-refractivity contribution in [2.45, 2.75) is 11.8 Å². The van der Waals surface area contributed by atoms with E-state index in [1.54, 1.807) is 24.3 Å². The Bertz CT molecular complexity index is 819. The topological polar surface area (TPSA) is 89.3 Å². The Balaban J connectivity index is 2.25. The molecule has 0 aromatic heterocycles. The van der Waals surface area contributed by atoms with Gasteiger partial charge in [0, 0.05) is 10.2 Å². The van der Waals surface area contributed by atoms with Gasteiger partial charge in [-0.3, -0.25) is 4.79 Å². The molecule has 2 rings (SSSR count). The normalized spacial score (nSPS) is 11.2. The monoisotopic (exact) mass is 382 g/mol. The maximum Gasteiger partial charge on any atom is 0.250 e. The van der Waals surface area contributed by atoms with E-state index >= 15 is 0 Å². The van der Waals surface area contributed by atoms with Crippen LogP contribution < -0.4 is 11.1 Å². The number of nitrogens with one attached hydrogen (secondary N) is 1. The first-order chi connectivity index (χ1) is 10.3. The first-order valence-corrected chi connectivity index (χ1v) is 8.87. The fourth-order valence-corrected chi connectivity index (χ4v) is 3.58. The van der Waals surface area contributed by atoms with Crippen LogP contribution in [0, 0.1) is 6.92 Å². The molecule has 3 N–H and O–H groups in total. The van der Waals surface area contributed by atoms with E-state index in [0.29, 0.717) is 5.69 Å². The molecule has 0 unspecified atom stereocenters. The van der Waals surface area contributed by atoms with Gasteiger partial charge in [0.2, 0.25) is 5.91 Å². The molecule has 0 fully saturated rings. The Morgan fingerprint density at radius 1 is 1.23 bits per heavy atom. The van der Waals surface area contributed by atoms with Crippen molar-refractivity contribution >= 4 is 37.4 Å². The molecular weight excluding hydrogens is 368 g/mol. The van der Waals surface area contributed by atoms with Gasteiger partial charge in [0.05, 0.1) is 10.5 Å². The van der Waals surface area contributed by atoms with Gasteiger partial charge in [-0.15, -0.1) is 0 Å². The second kappa shape index (κ2) is 6.50. The van der Waals surface area contributed by atoms with E-state index in [9.17, 15) is 13.2 Å². The minimum Gasteiger partial charge on any atom is -0.371 e. The van der Waals surface area contributed by atoms with Crippen molar-refractivity contribution in [2.75, 3.05) is 11.2 Å². The molecule has 116 valence electrons. The number of nitrogens with two attached hydrogens (primary N) is 1. The fourth-order valence-electron chi connectivity index (χ4n) is 1.90. The Morgan fingerprint density at radius 3 is 2.55 bits per heavy atom. The maximum absolute atomic E-state index is 12.4. The van der Waals surface area contributed by atoms with E-state index in [-0.39, 0.29) is 16.3 Å². The third-order valence-corrected chi connectivity index (χ3v) is 5.53. The van der Waals surface area contributed by atoms with Crippen LogP contribution in [0.15, 0.2) is 51.8 Å². The Labute approximate surface area is 137 Å². The van der Waals surface area contributed by atoms with Gasteiger partial charge in [0.25, 0.3) is 0 Å². The third-order valence-electron chi connectivity index (χ3n) is 3.13. The van der Waals surface area contributed by atoms with E-state index in [2.05, 4.69) is 21.2 Å². The average molecular weight is 383 g/mol. The summed E-state index contributed by atoms with van der Waals surface area (Å²) in [4.78, 5) is 11.3. The number of amides is 1. The van der Waals surface area contributed by atoms with Gasteiger partial charge in [0.15, 0.2) is 9.84 Å². The number of hydrogen-bond donors (Lipinski definition) is 2. The second-order valence-electron chi connectivity index (χ2n) is 4.76. The number of carbonyl (C=O) groups is 1. The molecule has 0 heterocycles. The van der Waals surface area contributed by atoms with Crippen LogP contribution >= 0.6 is 15.9 Å². The average Bonchev–Trinajstić information content (AvgIpc) is 2.48. The number of carbonyl (C=O) groups excluding carboxylic acids is 1. The minimum absolute atomic E-state index is 0.00520. The van der Waals surface area contributed by atoms with Gasteiger partial charge >= 0.3 is 0 Å². The molecule has 0 bridgehead atoms. The lowest BCUT2D eigenvalue weighted by Crippen LogP contribution is -2.20. The molecule has 0 saturated heterocycles.